The molecule has 0 radical (unpaired) electrons. The van der Waals surface area contributed by atoms with Gasteiger partial charge in [-0.1, -0.05) is 19.4 Å². The summed E-state index contributed by atoms with van der Waals surface area (Å²) in [6.07, 6.45) is 4.72. The van der Waals surface area contributed by atoms with Crippen molar-refractivity contribution in [2.75, 3.05) is 20.1 Å². The van der Waals surface area contributed by atoms with Crippen LogP contribution in [0.1, 0.15) is 37.5 Å². The number of nitrogens with zero attached hydrogens (tertiary/aromatic N) is 1. The van der Waals surface area contributed by atoms with Crippen LogP contribution in [0, 0.1) is 5.92 Å². The van der Waals surface area contributed by atoms with Gasteiger partial charge in [-0.15, -0.1) is 11.3 Å². The van der Waals surface area contributed by atoms with Gasteiger partial charge in [0.25, 0.3) is 0 Å². The minimum atomic E-state index is 0.257. The van der Waals surface area contributed by atoms with Crippen molar-refractivity contribution < 1.29 is 4.79 Å². The molecule has 0 saturated carbocycles. The fourth-order valence-corrected chi connectivity index (χ4v) is 2.86. The van der Waals surface area contributed by atoms with Crippen molar-refractivity contribution in [3.8, 4) is 0 Å². The molecule has 0 aromatic carbocycles. The van der Waals surface area contributed by atoms with Crippen LogP contribution in [0.5, 0.6) is 0 Å². The van der Waals surface area contributed by atoms with Gasteiger partial charge in [-0.25, -0.2) is 0 Å². The van der Waals surface area contributed by atoms with Crippen molar-refractivity contribution in [3.63, 3.8) is 0 Å². The summed E-state index contributed by atoms with van der Waals surface area (Å²) in [5, 5.41) is 2.08. The lowest BCUT2D eigenvalue weighted by molar-refractivity contribution is -0.130. The van der Waals surface area contributed by atoms with Gasteiger partial charge in [0.05, 0.1) is 0 Å². The van der Waals surface area contributed by atoms with E-state index in [4.69, 9.17) is 5.73 Å². The third kappa shape index (κ3) is 6.21. The van der Waals surface area contributed by atoms with Gasteiger partial charge in [0.1, 0.15) is 0 Å². The molecule has 4 heteroatoms. The number of carbonyl (C=O) groups is 1. The summed E-state index contributed by atoms with van der Waals surface area (Å²) in [5.41, 5.74) is 5.58. The number of rotatable bonds is 9. The van der Waals surface area contributed by atoms with Gasteiger partial charge in [0.2, 0.25) is 5.91 Å². The third-order valence-corrected chi connectivity index (χ3v) is 4.55. The van der Waals surface area contributed by atoms with E-state index in [1.165, 1.54) is 4.88 Å². The maximum absolute atomic E-state index is 12.0. The summed E-state index contributed by atoms with van der Waals surface area (Å²) in [7, 11) is 1.90. The van der Waals surface area contributed by atoms with E-state index in [9.17, 15) is 4.79 Å². The number of carbonyl (C=O) groups excluding carboxylic acids is 1. The molecule has 0 saturated heterocycles. The second-order valence-electron chi connectivity index (χ2n) is 5.03. The van der Waals surface area contributed by atoms with Crippen molar-refractivity contribution in [3.05, 3.63) is 22.4 Å². The lowest BCUT2D eigenvalue weighted by atomic mass is 9.96. The van der Waals surface area contributed by atoms with Gasteiger partial charge in [-0.05, 0) is 43.2 Å². The van der Waals surface area contributed by atoms with E-state index in [1.54, 1.807) is 11.3 Å². The van der Waals surface area contributed by atoms with Gasteiger partial charge >= 0.3 is 0 Å². The molecule has 1 rings (SSSR count). The number of likely N-dealkylation sites (N-methyl/N-ethyl adjacent to an activating group) is 1. The van der Waals surface area contributed by atoms with E-state index in [0.29, 0.717) is 12.3 Å². The Labute approximate surface area is 120 Å². The lowest BCUT2D eigenvalue weighted by Gasteiger charge is -2.19. The average molecular weight is 282 g/mol. The number of hydrogen-bond acceptors (Lipinski definition) is 3. The monoisotopic (exact) mass is 282 g/mol. The van der Waals surface area contributed by atoms with E-state index in [0.717, 1.165) is 38.8 Å². The largest absolute Gasteiger partial charge is 0.345 e. The van der Waals surface area contributed by atoms with Crippen LogP contribution in [0.25, 0.3) is 0 Å². The van der Waals surface area contributed by atoms with Crippen molar-refractivity contribution in [2.45, 2.75) is 39.0 Å². The maximum atomic E-state index is 12.0. The smallest absolute Gasteiger partial charge is 0.222 e. The zero-order chi connectivity index (χ0) is 14.1. The predicted octanol–water partition coefficient (Wildman–Crippen LogP) is 2.90. The highest BCUT2D eigenvalue weighted by Gasteiger charge is 2.12. The summed E-state index contributed by atoms with van der Waals surface area (Å²) in [6.45, 7) is 3.71. The molecule has 0 aliphatic carbocycles. The molecule has 1 heterocycles. The van der Waals surface area contributed by atoms with Crippen LogP contribution in [0.15, 0.2) is 17.5 Å². The molecule has 108 valence electrons. The van der Waals surface area contributed by atoms with Crippen LogP contribution in [0.4, 0.5) is 0 Å². The van der Waals surface area contributed by atoms with Crippen molar-refractivity contribution >= 4 is 17.2 Å². The first-order valence-electron chi connectivity index (χ1n) is 7.13. The fourth-order valence-electron chi connectivity index (χ4n) is 2.16. The highest BCUT2D eigenvalue weighted by atomic mass is 32.1. The first-order valence-corrected chi connectivity index (χ1v) is 8.01. The Morgan fingerprint density at radius 3 is 2.84 bits per heavy atom. The molecule has 0 aliphatic heterocycles. The molecule has 1 amide bonds. The van der Waals surface area contributed by atoms with Crippen LogP contribution in [-0.4, -0.2) is 30.9 Å². The first-order chi connectivity index (χ1) is 9.17. The molecule has 1 atom stereocenters. The van der Waals surface area contributed by atoms with Crippen molar-refractivity contribution in [2.24, 2.45) is 11.7 Å². The Bertz CT molecular complexity index is 351. The van der Waals surface area contributed by atoms with Crippen molar-refractivity contribution in [1.82, 2.24) is 4.90 Å². The normalized spacial score (nSPS) is 12.4. The molecule has 0 spiro atoms. The van der Waals surface area contributed by atoms with Crippen molar-refractivity contribution in [1.29, 1.82) is 0 Å². The molecular formula is C15H26N2OS. The summed E-state index contributed by atoms with van der Waals surface area (Å²) in [5.74, 6) is 0.853. The molecule has 19 heavy (non-hydrogen) atoms. The first kappa shape index (κ1) is 16.2. The Morgan fingerprint density at radius 1 is 1.47 bits per heavy atom. The second-order valence-corrected chi connectivity index (χ2v) is 6.07. The molecule has 3 nitrogen and oxygen atoms in total. The highest BCUT2D eigenvalue weighted by Crippen LogP contribution is 2.15. The summed E-state index contributed by atoms with van der Waals surface area (Å²) in [4.78, 5) is 15.2. The van der Waals surface area contributed by atoms with Gasteiger partial charge in [0.15, 0.2) is 0 Å². The maximum Gasteiger partial charge on any atom is 0.222 e. The van der Waals surface area contributed by atoms with Gasteiger partial charge in [-0.2, -0.15) is 0 Å². The Hall–Kier alpha value is -0.870. The molecule has 1 unspecified atom stereocenters. The molecule has 0 aliphatic rings. The standard InChI is InChI=1S/C15H26N2OS/c1-3-13(8-10-16)6-7-15(18)17(2)11-9-14-5-4-12-19-14/h4-5,12-13H,3,6-11,16H2,1-2H3. The van der Waals surface area contributed by atoms with E-state index in [1.807, 2.05) is 11.9 Å². The fraction of sp³-hybridized carbons (Fsp3) is 0.667. The van der Waals surface area contributed by atoms with E-state index >= 15 is 0 Å². The molecule has 1 aromatic rings. The molecule has 0 bridgehead atoms. The lowest BCUT2D eigenvalue weighted by Crippen LogP contribution is -2.29. The van der Waals surface area contributed by atoms with Crippen LogP contribution < -0.4 is 5.73 Å². The zero-order valence-corrected chi connectivity index (χ0v) is 12.9. The molecular weight excluding hydrogens is 256 g/mol. The quantitative estimate of drug-likeness (QED) is 0.757. The number of thiophene rings is 1. The summed E-state index contributed by atoms with van der Waals surface area (Å²) < 4.78 is 0. The predicted molar refractivity (Wildman–Crippen MR) is 82.3 cm³/mol. The van der Waals surface area contributed by atoms with Gasteiger partial charge in [-0.3, -0.25) is 4.79 Å². The summed E-state index contributed by atoms with van der Waals surface area (Å²) in [6, 6.07) is 4.18. The Balaban J connectivity index is 2.24. The van der Waals surface area contributed by atoms with Crippen LogP contribution in [0.3, 0.4) is 0 Å². The van der Waals surface area contributed by atoms with E-state index in [2.05, 4.69) is 24.4 Å². The van der Waals surface area contributed by atoms with Gasteiger partial charge in [0, 0.05) is 24.9 Å². The highest BCUT2D eigenvalue weighted by molar-refractivity contribution is 7.09. The third-order valence-electron chi connectivity index (χ3n) is 3.62. The Kier molecular flexibility index (Phi) is 7.75. The topological polar surface area (TPSA) is 46.3 Å². The summed E-state index contributed by atoms with van der Waals surface area (Å²) >= 11 is 1.75. The minimum Gasteiger partial charge on any atom is -0.345 e. The number of nitrogens with two attached hydrogens (primary N) is 1. The van der Waals surface area contributed by atoms with Crippen LogP contribution >= 0.6 is 11.3 Å². The number of hydrogen-bond donors (Lipinski definition) is 1. The van der Waals surface area contributed by atoms with E-state index < -0.39 is 0 Å². The van der Waals surface area contributed by atoms with Crippen LogP contribution in [-0.2, 0) is 11.2 Å². The average Bonchev–Trinajstić information content (AvgIpc) is 2.93. The number of amides is 1. The SMILES string of the molecule is CCC(CCN)CCC(=O)N(C)CCc1cccs1. The zero-order valence-electron chi connectivity index (χ0n) is 12.1. The van der Waals surface area contributed by atoms with Gasteiger partial charge < -0.3 is 10.6 Å². The molecule has 0 fully saturated rings. The van der Waals surface area contributed by atoms with E-state index in [-0.39, 0.29) is 5.91 Å². The second kappa shape index (κ2) is 9.10. The molecule has 1 aromatic heterocycles. The Morgan fingerprint density at radius 2 is 2.26 bits per heavy atom. The van der Waals surface area contributed by atoms with Crippen LogP contribution in [0.2, 0.25) is 0 Å². The minimum absolute atomic E-state index is 0.257. The molecule has 2 N–H and O–H groups in total.